The second-order valence-corrected chi connectivity index (χ2v) is 5.16. The van der Waals surface area contributed by atoms with Crippen LogP contribution in [-0.4, -0.2) is 6.54 Å². The minimum Gasteiger partial charge on any atom is -0.489 e. The fourth-order valence-electron chi connectivity index (χ4n) is 2.12. The highest BCUT2D eigenvalue weighted by Gasteiger charge is 2.01. The first-order valence-corrected chi connectivity index (χ1v) is 7.17. The molecule has 2 rings (SSSR count). The average Bonchev–Trinajstić information content (AvgIpc) is 2.46. The van der Waals surface area contributed by atoms with Crippen LogP contribution in [0, 0.1) is 13.8 Å². The third-order valence-corrected chi connectivity index (χ3v) is 3.31. The quantitative estimate of drug-likeness (QED) is 0.856. The van der Waals surface area contributed by atoms with Gasteiger partial charge in [0.25, 0.3) is 0 Å². The monoisotopic (exact) mass is 269 g/mol. The Bertz CT molecular complexity index is 563. The lowest BCUT2D eigenvalue weighted by molar-refractivity contribution is 0.304. The first-order chi connectivity index (χ1) is 9.69. The van der Waals surface area contributed by atoms with Gasteiger partial charge >= 0.3 is 0 Å². The van der Waals surface area contributed by atoms with Gasteiger partial charge in [-0.15, -0.1) is 0 Å². The molecule has 2 heteroatoms. The van der Waals surface area contributed by atoms with Crippen molar-refractivity contribution in [2.45, 2.75) is 33.9 Å². The molecule has 0 spiro atoms. The van der Waals surface area contributed by atoms with Crippen molar-refractivity contribution in [2.24, 2.45) is 0 Å². The maximum absolute atomic E-state index is 5.94. The molecule has 0 fully saturated rings. The van der Waals surface area contributed by atoms with Gasteiger partial charge in [0.05, 0.1) is 0 Å². The lowest BCUT2D eigenvalue weighted by Gasteiger charge is -2.11. The molecular weight excluding hydrogens is 246 g/mol. The summed E-state index contributed by atoms with van der Waals surface area (Å²) in [4.78, 5) is 0. The predicted molar refractivity (Wildman–Crippen MR) is 84.1 cm³/mol. The van der Waals surface area contributed by atoms with Gasteiger partial charge in [0.2, 0.25) is 0 Å². The molecular formula is C18H23NO. The standard InChI is InChI=1S/C18H23NO/c1-4-19-12-16-6-5-7-17(11-16)13-20-18-10-14(2)8-9-15(18)3/h5-11,19H,4,12-13H2,1-3H3. The van der Waals surface area contributed by atoms with Crippen molar-refractivity contribution >= 4 is 0 Å². The first kappa shape index (κ1) is 14.6. The van der Waals surface area contributed by atoms with Crippen LogP contribution in [0.4, 0.5) is 0 Å². The van der Waals surface area contributed by atoms with Crippen LogP contribution in [0.1, 0.15) is 29.2 Å². The number of rotatable bonds is 6. The highest BCUT2D eigenvalue weighted by atomic mass is 16.5. The van der Waals surface area contributed by atoms with E-state index in [4.69, 9.17) is 4.74 Å². The second-order valence-electron chi connectivity index (χ2n) is 5.16. The zero-order chi connectivity index (χ0) is 14.4. The summed E-state index contributed by atoms with van der Waals surface area (Å²) in [5, 5.41) is 3.34. The highest BCUT2D eigenvalue weighted by Crippen LogP contribution is 2.20. The summed E-state index contributed by atoms with van der Waals surface area (Å²) in [6, 6.07) is 14.9. The van der Waals surface area contributed by atoms with Crippen LogP contribution in [0.5, 0.6) is 5.75 Å². The number of hydrogen-bond acceptors (Lipinski definition) is 2. The Kier molecular flexibility index (Phi) is 5.19. The van der Waals surface area contributed by atoms with Crippen LogP contribution >= 0.6 is 0 Å². The second kappa shape index (κ2) is 7.11. The molecule has 0 saturated carbocycles. The van der Waals surface area contributed by atoms with E-state index in [0.29, 0.717) is 6.61 Å². The summed E-state index contributed by atoms with van der Waals surface area (Å²) in [6.07, 6.45) is 0. The van der Waals surface area contributed by atoms with Crippen molar-refractivity contribution < 1.29 is 4.74 Å². The highest BCUT2D eigenvalue weighted by molar-refractivity contribution is 5.36. The van der Waals surface area contributed by atoms with Crippen LogP contribution in [0.25, 0.3) is 0 Å². The van der Waals surface area contributed by atoms with Crippen molar-refractivity contribution in [1.29, 1.82) is 0 Å². The van der Waals surface area contributed by atoms with Crippen molar-refractivity contribution in [2.75, 3.05) is 6.54 Å². The first-order valence-electron chi connectivity index (χ1n) is 7.17. The van der Waals surface area contributed by atoms with E-state index in [1.165, 1.54) is 22.3 Å². The summed E-state index contributed by atoms with van der Waals surface area (Å²) >= 11 is 0. The lowest BCUT2D eigenvalue weighted by atomic mass is 10.1. The number of aryl methyl sites for hydroxylation is 2. The lowest BCUT2D eigenvalue weighted by Crippen LogP contribution is -2.11. The minimum absolute atomic E-state index is 0.615. The third-order valence-electron chi connectivity index (χ3n) is 3.31. The maximum Gasteiger partial charge on any atom is 0.122 e. The van der Waals surface area contributed by atoms with Gasteiger partial charge in [-0.25, -0.2) is 0 Å². The predicted octanol–water partition coefficient (Wildman–Crippen LogP) is 3.99. The fraction of sp³-hybridized carbons (Fsp3) is 0.333. The summed E-state index contributed by atoms with van der Waals surface area (Å²) in [5.74, 6) is 0.974. The maximum atomic E-state index is 5.94. The summed E-state index contributed by atoms with van der Waals surface area (Å²) in [7, 11) is 0. The number of ether oxygens (including phenoxy) is 1. The molecule has 0 aliphatic carbocycles. The van der Waals surface area contributed by atoms with Gasteiger partial charge in [0.15, 0.2) is 0 Å². The molecule has 2 nitrogen and oxygen atoms in total. The molecule has 106 valence electrons. The fourth-order valence-corrected chi connectivity index (χ4v) is 2.12. The Balaban J connectivity index is 2.01. The van der Waals surface area contributed by atoms with Crippen LogP contribution in [-0.2, 0) is 13.2 Å². The third kappa shape index (κ3) is 4.10. The van der Waals surface area contributed by atoms with Crippen molar-refractivity contribution in [1.82, 2.24) is 5.32 Å². The van der Waals surface area contributed by atoms with Crippen molar-refractivity contribution in [3.05, 3.63) is 64.7 Å². The van der Waals surface area contributed by atoms with E-state index < -0.39 is 0 Å². The van der Waals surface area contributed by atoms with Crippen LogP contribution in [0.15, 0.2) is 42.5 Å². The van der Waals surface area contributed by atoms with Crippen LogP contribution in [0.2, 0.25) is 0 Å². The summed E-state index contributed by atoms with van der Waals surface area (Å²) in [6.45, 7) is 8.80. The molecule has 0 radical (unpaired) electrons. The molecule has 0 aliphatic rings. The molecule has 0 bridgehead atoms. The molecule has 2 aromatic rings. The largest absolute Gasteiger partial charge is 0.489 e. The van der Waals surface area contributed by atoms with Gasteiger partial charge in [0.1, 0.15) is 12.4 Å². The smallest absolute Gasteiger partial charge is 0.122 e. The Labute approximate surface area is 121 Å². The van der Waals surface area contributed by atoms with E-state index in [2.05, 4.69) is 68.6 Å². The van der Waals surface area contributed by atoms with E-state index >= 15 is 0 Å². The Morgan fingerprint density at radius 3 is 2.60 bits per heavy atom. The van der Waals surface area contributed by atoms with Crippen molar-refractivity contribution in [3.63, 3.8) is 0 Å². The Morgan fingerprint density at radius 2 is 1.80 bits per heavy atom. The van der Waals surface area contributed by atoms with Gasteiger partial charge in [0, 0.05) is 6.54 Å². The Hall–Kier alpha value is -1.80. The normalized spacial score (nSPS) is 10.6. The summed E-state index contributed by atoms with van der Waals surface area (Å²) in [5.41, 5.74) is 4.92. The summed E-state index contributed by atoms with van der Waals surface area (Å²) < 4.78 is 5.94. The number of benzene rings is 2. The van der Waals surface area contributed by atoms with Crippen LogP contribution < -0.4 is 10.1 Å². The molecule has 0 heterocycles. The van der Waals surface area contributed by atoms with E-state index in [9.17, 15) is 0 Å². The zero-order valence-corrected chi connectivity index (χ0v) is 12.6. The molecule has 0 saturated heterocycles. The Morgan fingerprint density at radius 1 is 1.00 bits per heavy atom. The number of hydrogen-bond donors (Lipinski definition) is 1. The van der Waals surface area contributed by atoms with Gasteiger partial charge < -0.3 is 10.1 Å². The van der Waals surface area contributed by atoms with Gasteiger partial charge in [-0.05, 0) is 48.7 Å². The topological polar surface area (TPSA) is 21.3 Å². The molecule has 0 aromatic heterocycles. The van der Waals surface area contributed by atoms with E-state index in [1.54, 1.807) is 0 Å². The molecule has 20 heavy (non-hydrogen) atoms. The van der Waals surface area contributed by atoms with E-state index in [0.717, 1.165) is 18.8 Å². The SMILES string of the molecule is CCNCc1cccc(COc2cc(C)ccc2C)c1. The number of nitrogens with one attached hydrogen (secondary N) is 1. The average molecular weight is 269 g/mol. The molecule has 2 aromatic carbocycles. The van der Waals surface area contributed by atoms with E-state index in [1.807, 2.05) is 0 Å². The molecule has 0 aliphatic heterocycles. The van der Waals surface area contributed by atoms with Crippen LogP contribution in [0.3, 0.4) is 0 Å². The molecule has 0 unspecified atom stereocenters. The van der Waals surface area contributed by atoms with Crippen molar-refractivity contribution in [3.8, 4) is 5.75 Å². The van der Waals surface area contributed by atoms with Gasteiger partial charge in [-0.1, -0.05) is 43.3 Å². The molecule has 1 N–H and O–H groups in total. The zero-order valence-electron chi connectivity index (χ0n) is 12.6. The molecule has 0 amide bonds. The minimum atomic E-state index is 0.615. The van der Waals surface area contributed by atoms with Gasteiger partial charge in [-0.2, -0.15) is 0 Å². The molecule has 0 atom stereocenters. The van der Waals surface area contributed by atoms with E-state index in [-0.39, 0.29) is 0 Å². The van der Waals surface area contributed by atoms with Gasteiger partial charge in [-0.3, -0.25) is 0 Å².